The van der Waals surface area contributed by atoms with E-state index in [1.165, 1.54) is 18.5 Å². The van der Waals surface area contributed by atoms with Crippen LogP contribution in [0.15, 0.2) is 30.7 Å². The number of benzene rings is 1. The minimum atomic E-state index is -0.475. The van der Waals surface area contributed by atoms with Gasteiger partial charge in [0.15, 0.2) is 5.82 Å². The van der Waals surface area contributed by atoms with Gasteiger partial charge < -0.3 is 15.4 Å². The van der Waals surface area contributed by atoms with Crippen molar-refractivity contribution in [3.63, 3.8) is 0 Å². The van der Waals surface area contributed by atoms with Crippen molar-refractivity contribution in [1.82, 2.24) is 19.9 Å². The van der Waals surface area contributed by atoms with Crippen LogP contribution in [-0.2, 0) is 4.74 Å². The Balaban J connectivity index is 1.56. The Bertz CT molecular complexity index is 980. The van der Waals surface area contributed by atoms with Gasteiger partial charge in [-0.15, -0.1) is 0 Å². The minimum Gasteiger partial charge on any atom is -0.381 e. The van der Waals surface area contributed by atoms with Crippen LogP contribution < -0.4 is 10.6 Å². The Morgan fingerprint density at radius 1 is 1.14 bits per heavy atom. The van der Waals surface area contributed by atoms with Gasteiger partial charge in [-0.25, -0.2) is 24.3 Å². The summed E-state index contributed by atoms with van der Waals surface area (Å²) in [4.78, 5) is 17.5. The van der Waals surface area contributed by atoms with E-state index in [-0.39, 0.29) is 5.02 Å². The highest BCUT2D eigenvalue weighted by atomic mass is 35.5. The zero-order chi connectivity index (χ0) is 19.5. The van der Waals surface area contributed by atoms with Crippen LogP contribution in [0, 0.1) is 5.82 Å². The molecule has 2 N–H and O–H groups in total. The number of fused-ring (bicyclic) bond motifs is 1. The first-order valence-corrected chi connectivity index (χ1v) is 9.49. The number of rotatable bonds is 5. The topological polar surface area (TPSA) is 84.8 Å². The largest absolute Gasteiger partial charge is 0.381 e. The fraction of sp³-hybridized carbons (Fsp3) is 0.368. The van der Waals surface area contributed by atoms with E-state index in [1.807, 2.05) is 0 Å². The minimum absolute atomic E-state index is 0.0343. The Morgan fingerprint density at radius 2 is 1.96 bits per heavy atom. The quantitative estimate of drug-likeness (QED) is 0.657. The summed E-state index contributed by atoms with van der Waals surface area (Å²) in [6.45, 7) is 0. The van der Waals surface area contributed by atoms with Gasteiger partial charge in [-0.05, 0) is 43.9 Å². The molecule has 1 fully saturated rings. The summed E-state index contributed by atoms with van der Waals surface area (Å²) in [5, 5.41) is 6.55. The van der Waals surface area contributed by atoms with Gasteiger partial charge in [0, 0.05) is 18.8 Å². The summed E-state index contributed by atoms with van der Waals surface area (Å²) in [6.07, 6.45) is 7.47. The van der Waals surface area contributed by atoms with Crippen molar-refractivity contribution in [1.29, 1.82) is 0 Å². The van der Waals surface area contributed by atoms with Crippen LogP contribution in [0.2, 0.25) is 5.02 Å². The lowest BCUT2D eigenvalue weighted by atomic mass is 9.93. The molecule has 7 nitrogen and oxygen atoms in total. The lowest BCUT2D eigenvalue weighted by molar-refractivity contribution is 0.0681. The molecule has 2 aromatic heterocycles. The van der Waals surface area contributed by atoms with E-state index in [2.05, 4.69) is 30.6 Å². The molecular weight excluding hydrogens is 383 g/mol. The highest BCUT2D eigenvalue weighted by molar-refractivity contribution is 6.31. The van der Waals surface area contributed by atoms with Crippen LogP contribution in [0.4, 0.5) is 21.8 Å². The SMILES string of the molecule is COC1CCC(Nc2ncc3ncnc(Nc4ccc(F)c(Cl)c4)c3n2)CC1. The van der Waals surface area contributed by atoms with Crippen molar-refractivity contribution in [2.24, 2.45) is 0 Å². The molecule has 2 heterocycles. The van der Waals surface area contributed by atoms with Gasteiger partial charge in [0.05, 0.1) is 17.3 Å². The van der Waals surface area contributed by atoms with E-state index in [0.717, 1.165) is 25.7 Å². The molecule has 1 aliphatic carbocycles. The lowest BCUT2D eigenvalue weighted by Gasteiger charge is -2.28. The average Bonchev–Trinajstić information content (AvgIpc) is 2.72. The normalized spacial score (nSPS) is 19.5. The number of hydrogen-bond donors (Lipinski definition) is 2. The Kier molecular flexibility index (Phi) is 5.50. The standard InChI is InChI=1S/C19H20ClFN6O/c1-28-13-5-2-11(3-6-13)26-19-22-9-16-17(27-19)18(24-10-23-16)25-12-4-7-15(21)14(20)8-12/h4,7-11,13H,2-3,5-6H2,1H3,(H,22,26,27)(H,23,24,25). The lowest BCUT2D eigenvalue weighted by Crippen LogP contribution is -2.29. The molecule has 1 aromatic carbocycles. The zero-order valence-electron chi connectivity index (χ0n) is 15.3. The molecule has 0 saturated heterocycles. The highest BCUT2D eigenvalue weighted by Gasteiger charge is 2.21. The van der Waals surface area contributed by atoms with Crippen LogP contribution in [0.1, 0.15) is 25.7 Å². The number of ether oxygens (including phenoxy) is 1. The van der Waals surface area contributed by atoms with E-state index in [0.29, 0.717) is 40.6 Å². The highest BCUT2D eigenvalue weighted by Crippen LogP contribution is 2.26. The maximum atomic E-state index is 13.4. The summed E-state index contributed by atoms with van der Waals surface area (Å²) in [5.41, 5.74) is 1.79. The molecule has 0 aliphatic heterocycles. The van der Waals surface area contributed by atoms with Crippen LogP contribution in [0.5, 0.6) is 0 Å². The molecule has 146 valence electrons. The predicted octanol–water partition coefficient (Wildman–Crippen LogP) is 4.33. The van der Waals surface area contributed by atoms with Gasteiger partial charge >= 0.3 is 0 Å². The average molecular weight is 403 g/mol. The molecule has 4 rings (SSSR count). The van der Waals surface area contributed by atoms with Gasteiger partial charge in [-0.2, -0.15) is 0 Å². The van der Waals surface area contributed by atoms with Crippen LogP contribution in [0.25, 0.3) is 11.0 Å². The molecule has 9 heteroatoms. The number of methoxy groups -OCH3 is 1. The summed E-state index contributed by atoms with van der Waals surface area (Å²) in [6, 6.07) is 4.69. The molecule has 1 saturated carbocycles. The van der Waals surface area contributed by atoms with Gasteiger partial charge in [0.2, 0.25) is 5.95 Å². The summed E-state index contributed by atoms with van der Waals surface area (Å²) < 4.78 is 18.8. The number of aromatic nitrogens is 4. The van der Waals surface area contributed by atoms with Crippen molar-refractivity contribution < 1.29 is 9.13 Å². The van der Waals surface area contributed by atoms with Gasteiger partial charge in [0.25, 0.3) is 0 Å². The van der Waals surface area contributed by atoms with Crippen molar-refractivity contribution in [2.45, 2.75) is 37.8 Å². The second kappa shape index (κ2) is 8.20. The first kappa shape index (κ1) is 18.8. The second-order valence-corrected chi connectivity index (χ2v) is 7.16. The summed E-state index contributed by atoms with van der Waals surface area (Å²) >= 11 is 5.86. The monoisotopic (exact) mass is 402 g/mol. The van der Waals surface area contributed by atoms with Crippen molar-refractivity contribution in [3.05, 3.63) is 41.6 Å². The van der Waals surface area contributed by atoms with E-state index >= 15 is 0 Å². The molecular formula is C19H20ClFN6O. The number of hydrogen-bond acceptors (Lipinski definition) is 7. The number of nitrogens with zero attached hydrogens (tertiary/aromatic N) is 4. The van der Waals surface area contributed by atoms with Crippen LogP contribution in [0.3, 0.4) is 0 Å². The van der Waals surface area contributed by atoms with Gasteiger partial charge in [-0.1, -0.05) is 11.6 Å². The molecule has 3 aromatic rings. The van der Waals surface area contributed by atoms with Crippen LogP contribution >= 0.6 is 11.6 Å². The van der Waals surface area contributed by atoms with E-state index < -0.39 is 5.82 Å². The molecule has 0 amide bonds. The first-order valence-electron chi connectivity index (χ1n) is 9.11. The van der Waals surface area contributed by atoms with Gasteiger partial charge in [-0.3, -0.25) is 0 Å². The fourth-order valence-electron chi connectivity index (χ4n) is 3.35. The van der Waals surface area contributed by atoms with Crippen LogP contribution in [-0.4, -0.2) is 39.2 Å². The third-order valence-corrected chi connectivity index (χ3v) is 5.19. The van der Waals surface area contributed by atoms with E-state index in [4.69, 9.17) is 16.3 Å². The first-order chi connectivity index (χ1) is 13.6. The second-order valence-electron chi connectivity index (χ2n) is 6.76. The van der Waals surface area contributed by atoms with E-state index in [1.54, 1.807) is 19.4 Å². The molecule has 1 aliphatic rings. The molecule has 0 bridgehead atoms. The Morgan fingerprint density at radius 3 is 2.71 bits per heavy atom. The third-order valence-electron chi connectivity index (χ3n) is 4.90. The Hall–Kier alpha value is -2.58. The van der Waals surface area contributed by atoms with Crippen molar-refractivity contribution in [2.75, 3.05) is 17.7 Å². The Labute approximate surface area is 166 Å². The zero-order valence-corrected chi connectivity index (χ0v) is 16.1. The third kappa shape index (κ3) is 4.13. The molecule has 0 unspecified atom stereocenters. The molecule has 0 atom stereocenters. The maximum absolute atomic E-state index is 13.4. The predicted molar refractivity (Wildman–Crippen MR) is 106 cm³/mol. The smallest absolute Gasteiger partial charge is 0.223 e. The fourth-order valence-corrected chi connectivity index (χ4v) is 3.53. The van der Waals surface area contributed by atoms with Gasteiger partial charge in [0.1, 0.15) is 23.2 Å². The summed E-state index contributed by atoms with van der Waals surface area (Å²) in [7, 11) is 1.76. The van der Waals surface area contributed by atoms with E-state index in [9.17, 15) is 4.39 Å². The number of anilines is 3. The molecule has 28 heavy (non-hydrogen) atoms. The summed E-state index contributed by atoms with van der Waals surface area (Å²) in [5.74, 6) is 0.557. The molecule has 0 spiro atoms. The number of nitrogens with one attached hydrogen (secondary N) is 2. The van der Waals surface area contributed by atoms with Crippen molar-refractivity contribution >= 4 is 40.1 Å². The van der Waals surface area contributed by atoms with Crippen molar-refractivity contribution in [3.8, 4) is 0 Å². The maximum Gasteiger partial charge on any atom is 0.223 e. The number of halogens is 2. The molecule has 0 radical (unpaired) electrons.